The van der Waals surface area contributed by atoms with E-state index in [1.54, 1.807) is 45.0 Å². The Kier molecular flexibility index (Phi) is 12.8. The fraction of sp³-hybridized carbons (Fsp3) is 0.312. The van der Waals surface area contributed by atoms with Gasteiger partial charge in [-0.2, -0.15) is 16.8 Å². The first-order valence-corrected chi connectivity index (χ1v) is 24.0. The highest BCUT2D eigenvalue weighted by Gasteiger charge is 2.28. The van der Waals surface area contributed by atoms with Crippen molar-refractivity contribution in [2.24, 2.45) is 10.9 Å². The Hall–Kier alpha value is -6.07. The molecule has 0 radical (unpaired) electrons. The summed E-state index contributed by atoms with van der Waals surface area (Å²) in [5, 5.41) is 12.7. The van der Waals surface area contributed by atoms with E-state index in [-0.39, 0.29) is 51.4 Å². The van der Waals surface area contributed by atoms with Gasteiger partial charge in [0.2, 0.25) is 5.91 Å². The molecule has 3 amide bonds. The zero-order chi connectivity index (χ0) is 46.4. The van der Waals surface area contributed by atoms with Gasteiger partial charge in [0.1, 0.15) is 21.1 Å². The molecule has 0 bridgehead atoms. The number of urea groups is 1. The third-order valence-electron chi connectivity index (χ3n) is 12.0. The van der Waals surface area contributed by atoms with Crippen molar-refractivity contribution in [2.75, 3.05) is 16.0 Å². The number of carbonyl (C=O) groups excluding carboxylic acids is 2. The minimum absolute atomic E-state index is 0.0402. The number of fused-ring (bicyclic) bond motifs is 2. The van der Waals surface area contributed by atoms with Crippen LogP contribution in [0, 0.1) is 47.5 Å². The molecule has 1 heterocycles. The summed E-state index contributed by atoms with van der Waals surface area (Å²) < 4.78 is 80.0. The number of hydrogen-bond donors (Lipinski definition) is 6. The molecule has 2 aliphatic carbocycles. The molecule has 2 unspecified atom stereocenters. The van der Waals surface area contributed by atoms with E-state index >= 15 is 0 Å². The summed E-state index contributed by atoms with van der Waals surface area (Å²) in [4.78, 5) is 29.5. The second-order valence-corrected chi connectivity index (χ2v) is 19.7. The molecular weight excluding hydrogens is 855 g/mol. The Morgan fingerprint density at radius 1 is 0.750 bits per heavy atom. The first-order chi connectivity index (χ1) is 30.1. The maximum Gasteiger partial charge on any atom is 0.319 e. The van der Waals surface area contributed by atoms with Crippen molar-refractivity contribution in [1.82, 2.24) is 5.32 Å². The number of amides is 3. The molecule has 1 fully saturated rings. The van der Waals surface area contributed by atoms with E-state index in [1.807, 2.05) is 39.8 Å². The number of nitrogens with one attached hydrogen (secondary N) is 4. The maximum absolute atomic E-state index is 13.3. The monoisotopic (exact) mass is 907 g/mol. The fourth-order valence-corrected chi connectivity index (χ4v) is 10.3. The second-order valence-electron chi connectivity index (χ2n) is 16.9. The molecule has 1 saturated carbocycles. The third-order valence-corrected chi connectivity index (χ3v) is 13.8. The number of rotatable bonds is 10. The van der Waals surface area contributed by atoms with E-state index in [0.29, 0.717) is 51.6 Å². The van der Waals surface area contributed by atoms with Crippen LogP contribution < -0.4 is 26.6 Å². The fourth-order valence-electron chi connectivity index (χ4n) is 8.97. The van der Waals surface area contributed by atoms with Crippen LogP contribution in [0.2, 0.25) is 0 Å². The predicted molar refractivity (Wildman–Crippen MR) is 250 cm³/mol. The molecule has 1 aliphatic heterocycles. The Morgan fingerprint density at radius 3 is 2.08 bits per heavy atom. The van der Waals surface area contributed by atoms with Gasteiger partial charge < -0.3 is 25.7 Å². The summed E-state index contributed by atoms with van der Waals surface area (Å²) in [5.41, 5.74) is 8.04. The van der Waals surface area contributed by atoms with E-state index in [2.05, 4.69) is 28.2 Å². The molecule has 64 heavy (non-hydrogen) atoms. The van der Waals surface area contributed by atoms with Crippen LogP contribution in [0.3, 0.4) is 0 Å². The highest BCUT2D eigenvalue weighted by molar-refractivity contribution is 7.86. The zero-order valence-electron chi connectivity index (χ0n) is 37.1. The van der Waals surface area contributed by atoms with Gasteiger partial charge in [0, 0.05) is 63.7 Å². The number of aryl methyl sites for hydroxylation is 4. The van der Waals surface area contributed by atoms with Gasteiger partial charge in [0.05, 0.1) is 16.7 Å². The molecule has 2 atom stereocenters. The van der Waals surface area contributed by atoms with Crippen LogP contribution in [0.4, 0.5) is 33.2 Å². The summed E-state index contributed by atoms with van der Waals surface area (Å²) >= 11 is 0. The van der Waals surface area contributed by atoms with Crippen molar-refractivity contribution in [3.8, 4) is 22.5 Å². The summed E-state index contributed by atoms with van der Waals surface area (Å²) in [6.07, 6.45) is 4.23. The highest BCUT2D eigenvalue weighted by atomic mass is 32.2. The standard InChI is InChI=1S/C48H53N5O9S2/c1-9-42(54)52-46-28(5)20-26(3)44(30(46)7)49-33-17-18-34-38(22-33)62-39-24-37(41(64(59,60)61)23-36(39)43(34)35-15-10-11-16-40(35)63(56,57)58)51-45-27(4)21-29(6)47(31(45)8)53-48(55)50-32-14-12-13-25(2)19-32/h10-11,15-18,20-25,32,49H,9,12-14,19H2,1-8H3,(H,52,54)(H2,50,53,55)(H,56,57,58)(H,59,60,61). The Morgan fingerprint density at radius 2 is 1.41 bits per heavy atom. The average molecular weight is 908 g/mol. The second kappa shape index (κ2) is 17.8. The van der Waals surface area contributed by atoms with Crippen molar-refractivity contribution in [3.63, 3.8) is 0 Å². The molecule has 14 nitrogen and oxygen atoms in total. The molecule has 4 aromatic rings. The zero-order valence-corrected chi connectivity index (χ0v) is 38.7. The largest absolute Gasteiger partial charge is 0.456 e. The Balaban J connectivity index is 1.44. The summed E-state index contributed by atoms with van der Waals surface area (Å²) in [5.74, 6) is 0.450. The summed E-state index contributed by atoms with van der Waals surface area (Å²) in [6, 6.07) is 16.9. The first-order valence-electron chi connectivity index (χ1n) is 21.1. The van der Waals surface area contributed by atoms with E-state index < -0.39 is 30.0 Å². The number of carbonyl (C=O) groups is 2. The lowest BCUT2D eigenvalue weighted by molar-refractivity contribution is -0.115. The number of nitrogens with zero attached hydrogens (tertiary/aromatic N) is 1. The van der Waals surface area contributed by atoms with Crippen molar-refractivity contribution < 1.29 is 39.9 Å². The van der Waals surface area contributed by atoms with E-state index in [0.717, 1.165) is 53.6 Å². The molecular formula is C48H53N5O9S2. The van der Waals surface area contributed by atoms with E-state index in [9.17, 15) is 35.5 Å². The lowest BCUT2D eigenvalue weighted by atomic mass is 9.87. The first kappa shape index (κ1) is 45.9. The SMILES string of the molecule is CCC(=O)Nc1c(C)cc(C)c(Nc2ccc3c(-c4ccccc4S(=O)(=O)O)c4cc(S(=O)(=O)O)c(=Nc5c(C)cc(C)c(NC(=O)NC6CCCC(C)C6)c5C)cc-4oc3c2)c1C. The molecule has 0 spiro atoms. The van der Waals surface area contributed by atoms with Crippen LogP contribution in [-0.2, 0) is 25.0 Å². The van der Waals surface area contributed by atoms with Gasteiger partial charge in [-0.15, -0.1) is 0 Å². The molecule has 0 aromatic heterocycles. The number of anilines is 4. The van der Waals surface area contributed by atoms with Crippen LogP contribution in [0.5, 0.6) is 0 Å². The molecule has 4 aromatic carbocycles. The molecule has 0 saturated heterocycles. The quantitative estimate of drug-likeness (QED) is 0.0564. The van der Waals surface area contributed by atoms with E-state index in [4.69, 9.17) is 9.41 Å². The lowest BCUT2D eigenvalue weighted by Gasteiger charge is -2.27. The molecule has 6 N–H and O–H groups in total. The van der Waals surface area contributed by atoms with Gasteiger partial charge in [-0.1, -0.05) is 57.0 Å². The van der Waals surface area contributed by atoms with Crippen LogP contribution in [0.25, 0.3) is 33.4 Å². The molecule has 336 valence electrons. The van der Waals surface area contributed by atoms with Gasteiger partial charge in [0.15, 0.2) is 0 Å². The van der Waals surface area contributed by atoms with Crippen LogP contribution in [0.15, 0.2) is 85.9 Å². The summed E-state index contributed by atoms with van der Waals surface area (Å²) in [6.45, 7) is 15.1. The third kappa shape index (κ3) is 9.41. The van der Waals surface area contributed by atoms with Gasteiger partial charge >= 0.3 is 6.03 Å². The maximum atomic E-state index is 13.3. The van der Waals surface area contributed by atoms with Crippen LogP contribution in [0.1, 0.15) is 79.3 Å². The smallest absolute Gasteiger partial charge is 0.319 e. The molecule has 3 aliphatic rings. The van der Waals surface area contributed by atoms with Crippen molar-refractivity contribution in [1.29, 1.82) is 0 Å². The van der Waals surface area contributed by atoms with Gasteiger partial charge in [-0.3, -0.25) is 13.9 Å². The van der Waals surface area contributed by atoms with Crippen molar-refractivity contribution >= 4 is 71.6 Å². The number of hydrogen-bond acceptors (Lipinski definition) is 9. The topological polar surface area (TPSA) is 216 Å². The normalized spacial score (nSPS) is 15.9. The molecule has 16 heteroatoms. The molecule has 7 rings (SSSR count). The minimum Gasteiger partial charge on any atom is -0.456 e. The van der Waals surface area contributed by atoms with Gasteiger partial charge in [-0.25, -0.2) is 9.79 Å². The average Bonchev–Trinajstić information content (AvgIpc) is 3.22. The summed E-state index contributed by atoms with van der Waals surface area (Å²) in [7, 11) is -9.82. The lowest BCUT2D eigenvalue weighted by Crippen LogP contribution is -2.40. The van der Waals surface area contributed by atoms with Crippen molar-refractivity contribution in [3.05, 3.63) is 105 Å². The number of benzene rings is 5. The van der Waals surface area contributed by atoms with Crippen LogP contribution in [-0.4, -0.2) is 43.9 Å². The highest BCUT2D eigenvalue weighted by Crippen LogP contribution is 2.44. The van der Waals surface area contributed by atoms with Crippen molar-refractivity contribution in [2.45, 2.75) is 103 Å². The van der Waals surface area contributed by atoms with Gasteiger partial charge in [-0.05, 0) is 118 Å². The van der Waals surface area contributed by atoms with Crippen LogP contribution >= 0.6 is 0 Å². The Labute approximate surface area is 373 Å². The Bertz CT molecular complexity index is 3140. The van der Waals surface area contributed by atoms with Gasteiger partial charge in [0.25, 0.3) is 20.2 Å². The predicted octanol–water partition coefficient (Wildman–Crippen LogP) is 10.6. The van der Waals surface area contributed by atoms with E-state index in [1.165, 1.54) is 30.3 Å². The minimum atomic E-state index is -5.00.